The van der Waals surface area contributed by atoms with Gasteiger partial charge in [0.05, 0.1) is 0 Å². The minimum absolute atomic E-state index is 0.159. The third-order valence-corrected chi connectivity index (χ3v) is 3.99. The molecule has 0 heterocycles. The largest absolute Gasteiger partial charge is 0.319 e. The highest BCUT2D eigenvalue weighted by Crippen LogP contribution is 2.33. The molecule has 17 heavy (non-hydrogen) atoms. The third-order valence-electron chi connectivity index (χ3n) is 3.62. The van der Waals surface area contributed by atoms with Crippen LogP contribution in [0, 0.1) is 11.2 Å². The average molecular weight is 258 g/mol. The Balaban J connectivity index is 2.96. The molecule has 1 rings (SSSR count). The molecule has 0 unspecified atom stereocenters. The predicted molar refractivity (Wildman–Crippen MR) is 72.1 cm³/mol. The highest BCUT2D eigenvalue weighted by molar-refractivity contribution is 6.31. The summed E-state index contributed by atoms with van der Waals surface area (Å²) in [5.41, 5.74) is 1.07. The number of nitrogens with one attached hydrogen (secondary N) is 1. The van der Waals surface area contributed by atoms with E-state index in [0.29, 0.717) is 5.02 Å². The van der Waals surface area contributed by atoms with Crippen molar-refractivity contribution in [3.05, 3.63) is 34.6 Å². The van der Waals surface area contributed by atoms with Crippen molar-refractivity contribution >= 4 is 11.6 Å². The Morgan fingerprint density at radius 2 is 1.94 bits per heavy atom. The van der Waals surface area contributed by atoms with Crippen molar-refractivity contribution < 1.29 is 4.39 Å². The van der Waals surface area contributed by atoms with Crippen LogP contribution in [0.3, 0.4) is 0 Å². The van der Waals surface area contributed by atoms with E-state index in [-0.39, 0.29) is 11.2 Å². The zero-order valence-corrected chi connectivity index (χ0v) is 11.6. The lowest BCUT2D eigenvalue weighted by molar-refractivity contribution is 0.253. The van der Waals surface area contributed by atoms with Crippen LogP contribution in [0.1, 0.15) is 32.3 Å². The summed E-state index contributed by atoms with van der Waals surface area (Å²) in [7, 11) is 1.95. The van der Waals surface area contributed by atoms with E-state index < -0.39 is 0 Å². The molecule has 1 aromatic carbocycles. The van der Waals surface area contributed by atoms with Crippen molar-refractivity contribution in [2.24, 2.45) is 5.41 Å². The molecule has 96 valence electrons. The Labute approximate surface area is 108 Å². The quantitative estimate of drug-likeness (QED) is 0.811. The molecule has 0 aromatic heterocycles. The first-order chi connectivity index (χ1) is 8.06. The second-order valence-electron chi connectivity index (χ2n) is 4.65. The lowest BCUT2D eigenvalue weighted by Gasteiger charge is -2.32. The summed E-state index contributed by atoms with van der Waals surface area (Å²) >= 11 is 6.13. The number of hydrogen-bond acceptors (Lipinski definition) is 1. The fraction of sp³-hybridized carbons (Fsp3) is 0.571. The standard InChI is InChI=1S/C14H21ClFN/c1-4-14(5-2,10-17-3)9-11-8-12(16)6-7-13(11)15/h6-8,17H,4-5,9-10H2,1-3H3. The van der Waals surface area contributed by atoms with Gasteiger partial charge in [0.15, 0.2) is 0 Å². The first kappa shape index (κ1) is 14.5. The summed E-state index contributed by atoms with van der Waals surface area (Å²) in [4.78, 5) is 0. The van der Waals surface area contributed by atoms with E-state index in [1.807, 2.05) is 7.05 Å². The van der Waals surface area contributed by atoms with Crippen LogP contribution in [-0.2, 0) is 6.42 Å². The number of rotatable bonds is 6. The summed E-state index contributed by atoms with van der Waals surface area (Å²) in [5.74, 6) is -0.213. The second kappa shape index (κ2) is 6.36. The van der Waals surface area contributed by atoms with Crippen LogP contribution in [0.15, 0.2) is 18.2 Å². The number of hydrogen-bond donors (Lipinski definition) is 1. The van der Waals surface area contributed by atoms with E-state index >= 15 is 0 Å². The maximum atomic E-state index is 13.2. The van der Waals surface area contributed by atoms with Crippen LogP contribution in [-0.4, -0.2) is 13.6 Å². The first-order valence-corrected chi connectivity index (χ1v) is 6.53. The molecule has 1 aromatic rings. The van der Waals surface area contributed by atoms with Crippen molar-refractivity contribution in [1.29, 1.82) is 0 Å². The highest BCUT2D eigenvalue weighted by Gasteiger charge is 2.26. The Morgan fingerprint density at radius 3 is 2.47 bits per heavy atom. The SMILES string of the molecule is CCC(CC)(CNC)Cc1cc(F)ccc1Cl. The lowest BCUT2D eigenvalue weighted by atomic mass is 9.77. The maximum Gasteiger partial charge on any atom is 0.123 e. The molecule has 0 aliphatic heterocycles. The van der Waals surface area contributed by atoms with Crippen molar-refractivity contribution in [3.63, 3.8) is 0 Å². The van der Waals surface area contributed by atoms with Gasteiger partial charge in [0, 0.05) is 11.6 Å². The fourth-order valence-corrected chi connectivity index (χ4v) is 2.45. The molecule has 0 radical (unpaired) electrons. The number of benzene rings is 1. The molecule has 1 N–H and O–H groups in total. The van der Waals surface area contributed by atoms with Gasteiger partial charge in [-0.2, -0.15) is 0 Å². The summed E-state index contributed by atoms with van der Waals surface area (Å²) in [5, 5.41) is 3.89. The molecule has 0 amide bonds. The molecule has 0 aliphatic carbocycles. The van der Waals surface area contributed by atoms with Gasteiger partial charge in [0.2, 0.25) is 0 Å². The molecule has 0 fully saturated rings. The third kappa shape index (κ3) is 3.68. The van der Waals surface area contributed by atoms with Crippen molar-refractivity contribution in [2.75, 3.05) is 13.6 Å². The van der Waals surface area contributed by atoms with Gasteiger partial charge in [-0.25, -0.2) is 4.39 Å². The zero-order chi connectivity index (χ0) is 12.9. The van der Waals surface area contributed by atoms with Crippen LogP contribution >= 0.6 is 11.6 Å². The molecule has 0 saturated carbocycles. The van der Waals surface area contributed by atoms with Crippen LogP contribution < -0.4 is 5.32 Å². The maximum absolute atomic E-state index is 13.2. The highest BCUT2D eigenvalue weighted by atomic mass is 35.5. The van der Waals surface area contributed by atoms with E-state index in [0.717, 1.165) is 31.4 Å². The van der Waals surface area contributed by atoms with Crippen molar-refractivity contribution in [2.45, 2.75) is 33.1 Å². The van der Waals surface area contributed by atoms with E-state index in [9.17, 15) is 4.39 Å². The van der Waals surface area contributed by atoms with Crippen molar-refractivity contribution in [3.8, 4) is 0 Å². The topological polar surface area (TPSA) is 12.0 Å². The molecule has 0 saturated heterocycles. The fourth-order valence-electron chi connectivity index (χ4n) is 2.27. The summed E-state index contributed by atoms with van der Waals surface area (Å²) in [6.45, 7) is 5.27. The van der Waals surface area contributed by atoms with Crippen LogP contribution in [0.4, 0.5) is 4.39 Å². The van der Waals surface area contributed by atoms with Gasteiger partial charge < -0.3 is 5.32 Å². The Bertz CT molecular complexity index is 361. The molecule has 3 heteroatoms. The molecule has 0 spiro atoms. The van der Waals surface area contributed by atoms with E-state index in [1.165, 1.54) is 6.07 Å². The Hall–Kier alpha value is -0.600. The molecule has 1 nitrogen and oxygen atoms in total. The van der Waals surface area contributed by atoms with E-state index in [4.69, 9.17) is 11.6 Å². The number of halogens is 2. The lowest BCUT2D eigenvalue weighted by Crippen LogP contribution is -2.33. The molecular weight excluding hydrogens is 237 g/mol. The molecule has 0 aliphatic rings. The Kier molecular flexibility index (Phi) is 5.41. The zero-order valence-electron chi connectivity index (χ0n) is 10.8. The first-order valence-electron chi connectivity index (χ1n) is 6.15. The van der Waals surface area contributed by atoms with Gasteiger partial charge in [0.1, 0.15) is 5.82 Å². The molecular formula is C14H21ClFN. The van der Waals surface area contributed by atoms with Gasteiger partial charge in [-0.3, -0.25) is 0 Å². The minimum Gasteiger partial charge on any atom is -0.319 e. The van der Waals surface area contributed by atoms with Gasteiger partial charge in [-0.15, -0.1) is 0 Å². The van der Waals surface area contributed by atoms with E-state index in [1.54, 1.807) is 12.1 Å². The normalized spacial score (nSPS) is 11.8. The van der Waals surface area contributed by atoms with Crippen LogP contribution in [0.2, 0.25) is 5.02 Å². The summed E-state index contributed by atoms with van der Waals surface area (Å²) in [6.07, 6.45) is 2.92. The Morgan fingerprint density at radius 1 is 1.29 bits per heavy atom. The minimum atomic E-state index is -0.213. The van der Waals surface area contributed by atoms with Crippen LogP contribution in [0.25, 0.3) is 0 Å². The molecule has 0 atom stereocenters. The van der Waals surface area contributed by atoms with Gasteiger partial charge >= 0.3 is 0 Å². The smallest absolute Gasteiger partial charge is 0.123 e. The monoisotopic (exact) mass is 257 g/mol. The van der Waals surface area contributed by atoms with Crippen LogP contribution in [0.5, 0.6) is 0 Å². The van der Waals surface area contributed by atoms with Gasteiger partial charge in [0.25, 0.3) is 0 Å². The summed E-state index contributed by atoms with van der Waals surface area (Å²) in [6, 6.07) is 4.60. The van der Waals surface area contributed by atoms with Gasteiger partial charge in [-0.1, -0.05) is 25.4 Å². The van der Waals surface area contributed by atoms with E-state index in [2.05, 4.69) is 19.2 Å². The average Bonchev–Trinajstić information content (AvgIpc) is 2.33. The van der Waals surface area contributed by atoms with Gasteiger partial charge in [-0.05, 0) is 55.5 Å². The molecule has 0 bridgehead atoms. The summed E-state index contributed by atoms with van der Waals surface area (Å²) < 4.78 is 13.2. The second-order valence-corrected chi connectivity index (χ2v) is 5.06. The van der Waals surface area contributed by atoms with Crippen molar-refractivity contribution in [1.82, 2.24) is 5.32 Å². The predicted octanol–water partition coefficient (Wildman–Crippen LogP) is 4.05.